The number of carbonyl (C=O) groups excluding carboxylic acids is 1. The first-order valence-corrected chi connectivity index (χ1v) is 8.69. The number of aromatic nitrogens is 3. The lowest BCUT2D eigenvalue weighted by Gasteiger charge is -2.24. The van der Waals surface area contributed by atoms with Crippen LogP contribution in [-0.4, -0.2) is 33.0 Å². The highest BCUT2D eigenvalue weighted by Crippen LogP contribution is 2.27. The normalized spacial score (nSPS) is 12.4. The zero-order chi connectivity index (χ0) is 20.9. The highest BCUT2D eigenvalue weighted by Gasteiger charge is 2.25. The van der Waals surface area contributed by atoms with Crippen molar-refractivity contribution in [3.63, 3.8) is 0 Å². The summed E-state index contributed by atoms with van der Waals surface area (Å²) in [5.41, 5.74) is 0.150. The lowest BCUT2D eigenvalue weighted by atomic mass is 10.1. The molecule has 4 rings (SSSR count). The predicted octanol–water partition coefficient (Wildman–Crippen LogP) is 3.65. The molecule has 0 spiro atoms. The van der Waals surface area contributed by atoms with Crippen molar-refractivity contribution in [3.05, 3.63) is 75.6 Å². The number of hydrogen-bond donors (Lipinski definition) is 2. The molecule has 0 radical (unpaired) electrons. The van der Waals surface area contributed by atoms with E-state index in [2.05, 4.69) is 15.2 Å². The van der Waals surface area contributed by atoms with Gasteiger partial charge in [0.25, 0.3) is 11.5 Å². The lowest BCUT2D eigenvalue weighted by molar-refractivity contribution is 0.0735. The quantitative estimate of drug-likeness (QED) is 0.551. The van der Waals surface area contributed by atoms with Gasteiger partial charge in [-0.25, -0.2) is 18.3 Å². The maximum absolute atomic E-state index is 13.9. The number of halogens is 3. The first kappa shape index (κ1) is 18.7. The Morgan fingerprint density at radius 1 is 1.03 bits per heavy atom. The van der Waals surface area contributed by atoms with Crippen LogP contribution in [0.4, 0.5) is 13.2 Å². The Morgan fingerprint density at radius 2 is 1.72 bits per heavy atom. The number of fused-ring (bicyclic) bond motifs is 2. The number of amides is 1. The third-order valence-corrected chi connectivity index (χ3v) is 5.00. The van der Waals surface area contributed by atoms with Crippen molar-refractivity contribution in [1.29, 1.82) is 0 Å². The number of hydrogen-bond acceptors (Lipinski definition) is 3. The van der Waals surface area contributed by atoms with Gasteiger partial charge in [-0.15, -0.1) is 0 Å². The average molecular weight is 400 g/mol. The van der Waals surface area contributed by atoms with Crippen molar-refractivity contribution >= 4 is 27.6 Å². The second-order valence-electron chi connectivity index (χ2n) is 6.73. The summed E-state index contributed by atoms with van der Waals surface area (Å²) in [7, 11) is 1.49. The summed E-state index contributed by atoms with van der Waals surface area (Å²) in [6, 6.07) is 6.85. The van der Waals surface area contributed by atoms with Crippen LogP contribution in [0.3, 0.4) is 0 Å². The van der Waals surface area contributed by atoms with E-state index in [-0.39, 0.29) is 27.5 Å². The van der Waals surface area contributed by atoms with E-state index in [4.69, 9.17) is 0 Å². The molecule has 9 heteroatoms. The number of H-pyrrole nitrogens is 2. The fourth-order valence-corrected chi connectivity index (χ4v) is 3.28. The van der Waals surface area contributed by atoms with Crippen LogP contribution in [0.1, 0.15) is 29.1 Å². The Kier molecular flexibility index (Phi) is 4.37. The van der Waals surface area contributed by atoms with Crippen LogP contribution in [0.5, 0.6) is 0 Å². The summed E-state index contributed by atoms with van der Waals surface area (Å²) >= 11 is 0. The van der Waals surface area contributed by atoms with Gasteiger partial charge >= 0.3 is 0 Å². The molecule has 2 aromatic heterocycles. The average Bonchev–Trinajstić information content (AvgIpc) is 3.14. The number of benzene rings is 2. The van der Waals surface area contributed by atoms with E-state index in [0.717, 1.165) is 12.1 Å². The molecule has 0 fully saturated rings. The lowest BCUT2D eigenvalue weighted by Crippen LogP contribution is -2.31. The van der Waals surface area contributed by atoms with Crippen LogP contribution in [0, 0.1) is 17.5 Å². The number of nitrogens with zero attached hydrogens (tertiary/aromatic N) is 2. The topological polar surface area (TPSA) is 81.8 Å². The summed E-state index contributed by atoms with van der Waals surface area (Å²) in [4.78, 5) is 29.0. The Bertz CT molecular complexity index is 1330. The Morgan fingerprint density at radius 3 is 2.41 bits per heavy atom. The van der Waals surface area contributed by atoms with Gasteiger partial charge in [-0.1, -0.05) is 6.07 Å². The van der Waals surface area contributed by atoms with Gasteiger partial charge in [-0.3, -0.25) is 9.59 Å². The van der Waals surface area contributed by atoms with E-state index in [1.165, 1.54) is 30.1 Å². The van der Waals surface area contributed by atoms with Gasteiger partial charge in [0.1, 0.15) is 11.5 Å². The summed E-state index contributed by atoms with van der Waals surface area (Å²) < 4.78 is 41.2. The fourth-order valence-electron chi connectivity index (χ4n) is 3.28. The summed E-state index contributed by atoms with van der Waals surface area (Å²) in [6.45, 7) is 1.63. The molecule has 6 nitrogen and oxygen atoms in total. The third kappa shape index (κ3) is 3.04. The molecule has 0 bridgehead atoms. The van der Waals surface area contributed by atoms with E-state index in [1.54, 1.807) is 13.0 Å². The van der Waals surface area contributed by atoms with E-state index in [0.29, 0.717) is 5.52 Å². The maximum atomic E-state index is 13.9. The van der Waals surface area contributed by atoms with Crippen LogP contribution in [0.2, 0.25) is 0 Å². The molecule has 0 saturated heterocycles. The molecule has 0 aliphatic rings. The summed E-state index contributed by atoms with van der Waals surface area (Å²) in [5.74, 6) is -3.20. The zero-order valence-corrected chi connectivity index (χ0v) is 15.4. The SMILES string of the molecule is CC(c1n[nH]c(=O)c2cc(F)c(F)cc12)N(C)C(=O)c1cc2c(F)cccc2[nH]1. The minimum Gasteiger partial charge on any atom is -0.350 e. The van der Waals surface area contributed by atoms with Crippen molar-refractivity contribution < 1.29 is 18.0 Å². The molecule has 1 amide bonds. The second kappa shape index (κ2) is 6.77. The van der Waals surface area contributed by atoms with Gasteiger partial charge in [0.15, 0.2) is 11.6 Å². The number of rotatable bonds is 3. The highest BCUT2D eigenvalue weighted by molar-refractivity contribution is 5.98. The van der Waals surface area contributed by atoms with E-state index in [9.17, 15) is 22.8 Å². The third-order valence-electron chi connectivity index (χ3n) is 5.00. The van der Waals surface area contributed by atoms with Crippen molar-refractivity contribution in [1.82, 2.24) is 20.1 Å². The van der Waals surface area contributed by atoms with Crippen LogP contribution < -0.4 is 5.56 Å². The van der Waals surface area contributed by atoms with Crippen molar-refractivity contribution in [2.24, 2.45) is 0 Å². The number of nitrogens with one attached hydrogen (secondary N) is 2. The van der Waals surface area contributed by atoms with Crippen LogP contribution in [0.25, 0.3) is 21.7 Å². The molecule has 29 heavy (non-hydrogen) atoms. The van der Waals surface area contributed by atoms with Crippen molar-refractivity contribution in [3.8, 4) is 0 Å². The van der Waals surface area contributed by atoms with Crippen LogP contribution in [-0.2, 0) is 0 Å². The zero-order valence-electron chi connectivity index (χ0n) is 15.4. The van der Waals surface area contributed by atoms with Gasteiger partial charge in [0.05, 0.1) is 17.1 Å². The van der Waals surface area contributed by atoms with Crippen LogP contribution >= 0.6 is 0 Å². The largest absolute Gasteiger partial charge is 0.350 e. The second-order valence-corrected chi connectivity index (χ2v) is 6.73. The van der Waals surface area contributed by atoms with Crippen molar-refractivity contribution in [2.45, 2.75) is 13.0 Å². The van der Waals surface area contributed by atoms with Gasteiger partial charge in [-0.05, 0) is 37.3 Å². The molecule has 2 N–H and O–H groups in total. The molecule has 1 unspecified atom stereocenters. The molecule has 0 aliphatic heterocycles. The molecular weight excluding hydrogens is 385 g/mol. The molecule has 2 aromatic carbocycles. The molecular formula is C20H15F3N4O2. The number of aromatic amines is 2. The van der Waals surface area contributed by atoms with E-state index >= 15 is 0 Å². The highest BCUT2D eigenvalue weighted by atomic mass is 19.2. The molecule has 0 saturated carbocycles. The smallest absolute Gasteiger partial charge is 0.272 e. The standard InChI is InChI=1S/C20H15F3N4O2/c1-9(18-10-6-14(22)15(23)7-11(10)19(28)26-25-18)27(2)20(29)17-8-12-13(21)4-3-5-16(12)24-17/h3-9,24H,1-2H3,(H,26,28). The summed E-state index contributed by atoms with van der Waals surface area (Å²) in [6.07, 6.45) is 0. The maximum Gasteiger partial charge on any atom is 0.272 e. The fraction of sp³-hybridized carbons (Fsp3) is 0.150. The van der Waals surface area contributed by atoms with Gasteiger partial charge in [0.2, 0.25) is 0 Å². The van der Waals surface area contributed by atoms with E-state index in [1.807, 2.05) is 0 Å². The predicted molar refractivity (Wildman–Crippen MR) is 101 cm³/mol. The minimum absolute atomic E-state index is 0.0747. The number of carbonyl (C=O) groups is 1. The van der Waals surface area contributed by atoms with Gasteiger partial charge in [0, 0.05) is 23.3 Å². The Balaban J connectivity index is 1.75. The van der Waals surface area contributed by atoms with Gasteiger partial charge in [-0.2, -0.15) is 5.10 Å². The van der Waals surface area contributed by atoms with Gasteiger partial charge < -0.3 is 9.88 Å². The monoisotopic (exact) mass is 400 g/mol. The van der Waals surface area contributed by atoms with Crippen molar-refractivity contribution in [2.75, 3.05) is 7.05 Å². The first-order valence-electron chi connectivity index (χ1n) is 8.69. The molecule has 2 heterocycles. The van der Waals surface area contributed by atoms with Crippen LogP contribution in [0.15, 0.2) is 41.2 Å². The Hall–Kier alpha value is -3.62. The molecule has 148 valence electrons. The molecule has 4 aromatic rings. The van der Waals surface area contributed by atoms with E-state index < -0.39 is 35.0 Å². The Labute approximate surface area is 162 Å². The minimum atomic E-state index is -1.16. The summed E-state index contributed by atoms with van der Waals surface area (Å²) in [5, 5.41) is 6.49. The molecule has 1 atom stereocenters. The molecule has 0 aliphatic carbocycles. The first-order chi connectivity index (χ1) is 13.8.